The number of rotatable bonds is 3. The third-order valence-electron chi connectivity index (χ3n) is 1.41. The fraction of sp³-hybridized carbons (Fsp3) is 0.222. The summed E-state index contributed by atoms with van der Waals surface area (Å²) in [7, 11) is 0. The van der Waals surface area contributed by atoms with Crippen LogP contribution in [-0.2, 0) is 0 Å². The Morgan fingerprint density at radius 2 is 2.33 bits per heavy atom. The molecule has 1 rings (SSSR count). The van der Waals surface area contributed by atoms with Crippen LogP contribution in [0.15, 0.2) is 24.3 Å². The third kappa shape index (κ3) is 1.99. The van der Waals surface area contributed by atoms with Gasteiger partial charge >= 0.3 is 0 Å². The van der Waals surface area contributed by atoms with Gasteiger partial charge < -0.3 is 4.74 Å². The molecule has 0 fully saturated rings. The number of nitrogens with one attached hydrogen (secondary N) is 1. The minimum atomic E-state index is -0.684. The van der Waals surface area contributed by atoms with Gasteiger partial charge in [-0.15, -0.1) is 0 Å². The van der Waals surface area contributed by atoms with Crippen molar-refractivity contribution < 1.29 is 9.53 Å². The average Bonchev–Trinajstić information content (AvgIpc) is 2.05. The minimum absolute atomic E-state index is 0.362. The van der Waals surface area contributed by atoms with E-state index in [4.69, 9.17) is 10.5 Å². The number of hydrogen-bond acceptors (Lipinski definition) is 2. The van der Waals surface area contributed by atoms with Crippen LogP contribution in [0.4, 0.5) is 0 Å². The van der Waals surface area contributed by atoms with Crippen LogP contribution >= 0.6 is 0 Å². The molecule has 1 N–H and O–H groups in total. The molecule has 0 saturated heterocycles. The molecule has 3 heteroatoms. The lowest BCUT2D eigenvalue weighted by Gasteiger charge is -2.02. The Morgan fingerprint density at radius 3 is 2.92 bits per heavy atom. The maximum absolute atomic E-state index is 10.6. The fourth-order valence-corrected chi connectivity index (χ4v) is 0.894. The lowest BCUT2D eigenvalue weighted by Crippen LogP contribution is -1.99. The van der Waals surface area contributed by atoms with Gasteiger partial charge in [0.25, 0.3) is 5.91 Å². The molecule has 0 atom stereocenters. The van der Waals surface area contributed by atoms with Crippen molar-refractivity contribution >= 4 is 5.91 Å². The predicted octanol–water partition coefficient (Wildman–Crippen LogP) is 1.51. The van der Waals surface area contributed by atoms with Crippen LogP contribution in [0.1, 0.15) is 17.3 Å². The Hall–Kier alpha value is -1.51. The normalized spacial score (nSPS) is 9.42. The predicted molar refractivity (Wildman–Crippen MR) is 45.0 cm³/mol. The van der Waals surface area contributed by atoms with Crippen molar-refractivity contribution in [1.82, 2.24) is 5.73 Å². The Bertz CT molecular complexity index is 284. The molecule has 0 bridgehead atoms. The zero-order chi connectivity index (χ0) is 8.97. The van der Waals surface area contributed by atoms with E-state index in [1.54, 1.807) is 24.3 Å². The molecule has 1 aromatic rings. The van der Waals surface area contributed by atoms with Crippen LogP contribution in [-0.4, -0.2) is 12.5 Å². The van der Waals surface area contributed by atoms with E-state index in [0.717, 1.165) is 0 Å². The Labute approximate surface area is 71.1 Å². The molecule has 3 nitrogen and oxygen atoms in total. The second kappa shape index (κ2) is 3.76. The summed E-state index contributed by atoms with van der Waals surface area (Å²) in [6.07, 6.45) is 0. The smallest absolute Gasteiger partial charge is 0.269 e. The standard InChI is InChI=1S/C9H10NO2/c1-2-12-8-5-3-4-7(6-8)9(10)11/h3-6,10H,2H2,1H3. The van der Waals surface area contributed by atoms with Crippen LogP contribution in [0.25, 0.3) is 0 Å². The highest BCUT2D eigenvalue weighted by Crippen LogP contribution is 2.12. The van der Waals surface area contributed by atoms with Crippen molar-refractivity contribution in [3.63, 3.8) is 0 Å². The second-order valence-electron chi connectivity index (χ2n) is 2.29. The minimum Gasteiger partial charge on any atom is -0.494 e. The van der Waals surface area contributed by atoms with Gasteiger partial charge in [0.15, 0.2) is 0 Å². The molecule has 0 unspecified atom stereocenters. The number of carbonyl (C=O) groups is 1. The van der Waals surface area contributed by atoms with E-state index in [0.29, 0.717) is 17.9 Å². The summed E-state index contributed by atoms with van der Waals surface area (Å²) in [5.74, 6) is -0.0489. The molecule has 1 aromatic carbocycles. The highest BCUT2D eigenvalue weighted by atomic mass is 16.5. The molecular weight excluding hydrogens is 154 g/mol. The summed E-state index contributed by atoms with van der Waals surface area (Å²) < 4.78 is 5.16. The van der Waals surface area contributed by atoms with Gasteiger partial charge in [-0.25, -0.2) is 0 Å². The van der Waals surface area contributed by atoms with E-state index < -0.39 is 5.91 Å². The van der Waals surface area contributed by atoms with Crippen LogP contribution in [0.3, 0.4) is 0 Å². The fourth-order valence-electron chi connectivity index (χ4n) is 0.894. The molecule has 63 valence electrons. The molecule has 0 aliphatic heterocycles. The number of benzene rings is 1. The topological polar surface area (TPSA) is 50.1 Å². The lowest BCUT2D eigenvalue weighted by molar-refractivity contribution is 0.0991. The van der Waals surface area contributed by atoms with E-state index in [1.165, 1.54) is 0 Å². The molecular formula is C9H10NO2. The molecule has 0 heterocycles. The van der Waals surface area contributed by atoms with Crippen molar-refractivity contribution in [2.75, 3.05) is 6.61 Å². The summed E-state index contributed by atoms with van der Waals surface area (Å²) in [5.41, 5.74) is 7.22. The van der Waals surface area contributed by atoms with Gasteiger partial charge in [0, 0.05) is 5.56 Å². The van der Waals surface area contributed by atoms with Gasteiger partial charge in [-0.1, -0.05) is 6.07 Å². The Morgan fingerprint density at radius 1 is 1.58 bits per heavy atom. The molecule has 0 aliphatic rings. The maximum Gasteiger partial charge on any atom is 0.269 e. The van der Waals surface area contributed by atoms with Gasteiger partial charge in [0.1, 0.15) is 5.75 Å². The van der Waals surface area contributed by atoms with Gasteiger partial charge in [-0.05, 0) is 25.1 Å². The van der Waals surface area contributed by atoms with Gasteiger partial charge in [0.2, 0.25) is 0 Å². The monoisotopic (exact) mass is 164 g/mol. The lowest BCUT2D eigenvalue weighted by atomic mass is 10.2. The summed E-state index contributed by atoms with van der Waals surface area (Å²) >= 11 is 0. The van der Waals surface area contributed by atoms with Gasteiger partial charge in [0.05, 0.1) is 6.61 Å². The first-order valence-electron chi connectivity index (χ1n) is 3.73. The summed E-state index contributed by atoms with van der Waals surface area (Å²) in [6.45, 7) is 2.44. The van der Waals surface area contributed by atoms with E-state index in [2.05, 4.69) is 0 Å². The average molecular weight is 164 g/mol. The number of ether oxygens (including phenoxy) is 1. The zero-order valence-corrected chi connectivity index (χ0v) is 6.83. The van der Waals surface area contributed by atoms with Gasteiger partial charge in [-0.2, -0.15) is 0 Å². The Kier molecular flexibility index (Phi) is 2.69. The van der Waals surface area contributed by atoms with Crippen molar-refractivity contribution in [3.8, 4) is 5.75 Å². The molecule has 0 saturated carbocycles. The van der Waals surface area contributed by atoms with E-state index in [1.807, 2.05) is 6.92 Å². The molecule has 1 radical (unpaired) electrons. The molecule has 1 amide bonds. The summed E-state index contributed by atoms with van der Waals surface area (Å²) in [5, 5.41) is 0. The van der Waals surface area contributed by atoms with Crippen LogP contribution in [0.5, 0.6) is 5.75 Å². The largest absolute Gasteiger partial charge is 0.494 e. The highest BCUT2D eigenvalue weighted by molar-refractivity contribution is 5.92. The SMILES string of the molecule is CCOc1cccc(C([NH])=O)c1. The highest BCUT2D eigenvalue weighted by Gasteiger charge is 2.01. The zero-order valence-electron chi connectivity index (χ0n) is 6.83. The van der Waals surface area contributed by atoms with E-state index >= 15 is 0 Å². The first kappa shape index (κ1) is 8.59. The second-order valence-corrected chi connectivity index (χ2v) is 2.29. The molecule has 0 spiro atoms. The van der Waals surface area contributed by atoms with Crippen LogP contribution in [0, 0.1) is 0 Å². The first-order chi connectivity index (χ1) is 5.74. The maximum atomic E-state index is 10.6. The number of carbonyl (C=O) groups excluding carboxylic acids is 1. The molecule has 0 aliphatic carbocycles. The number of hydrogen-bond donors (Lipinski definition) is 0. The summed E-state index contributed by atoms with van der Waals surface area (Å²) in [6, 6.07) is 6.62. The van der Waals surface area contributed by atoms with Crippen molar-refractivity contribution in [3.05, 3.63) is 29.8 Å². The number of amides is 1. The van der Waals surface area contributed by atoms with E-state index in [-0.39, 0.29) is 0 Å². The molecule has 12 heavy (non-hydrogen) atoms. The van der Waals surface area contributed by atoms with Crippen molar-refractivity contribution in [2.45, 2.75) is 6.92 Å². The third-order valence-corrected chi connectivity index (χ3v) is 1.41. The molecule has 0 aromatic heterocycles. The van der Waals surface area contributed by atoms with Crippen LogP contribution < -0.4 is 10.5 Å². The van der Waals surface area contributed by atoms with Crippen molar-refractivity contribution in [1.29, 1.82) is 0 Å². The Balaban J connectivity index is 2.88. The van der Waals surface area contributed by atoms with E-state index in [9.17, 15) is 4.79 Å². The van der Waals surface area contributed by atoms with Gasteiger partial charge in [-0.3, -0.25) is 10.5 Å². The first-order valence-corrected chi connectivity index (χ1v) is 3.73. The quantitative estimate of drug-likeness (QED) is 0.679. The van der Waals surface area contributed by atoms with Crippen LogP contribution in [0.2, 0.25) is 0 Å². The summed E-state index contributed by atoms with van der Waals surface area (Å²) in [4.78, 5) is 10.6. The van der Waals surface area contributed by atoms with Crippen molar-refractivity contribution in [2.24, 2.45) is 0 Å².